The molecule has 2 aliphatic rings. The molecule has 112 valence electrons. The third-order valence-electron chi connectivity index (χ3n) is 4.87. The molecule has 0 atom stereocenters. The van der Waals surface area contributed by atoms with Gasteiger partial charge in [0, 0.05) is 38.1 Å². The third kappa shape index (κ3) is 3.74. The standard InChI is InChI=1S/C16H27N3O/c1-3-9-18-10-12-19(13-11-18)15(20)14-16(17-2)7-5-4-6-8-16/h1,17H,4-14H2,2H3. The summed E-state index contributed by atoms with van der Waals surface area (Å²) < 4.78 is 0. The zero-order chi connectivity index (χ0) is 14.4. The molecular weight excluding hydrogens is 250 g/mol. The van der Waals surface area contributed by atoms with Crippen LogP contribution in [0.5, 0.6) is 0 Å². The second kappa shape index (κ2) is 7.10. The Labute approximate surface area is 122 Å². The second-order valence-electron chi connectivity index (χ2n) is 6.13. The summed E-state index contributed by atoms with van der Waals surface area (Å²) in [6, 6.07) is 0. The van der Waals surface area contributed by atoms with Gasteiger partial charge in [-0.3, -0.25) is 9.69 Å². The van der Waals surface area contributed by atoms with Gasteiger partial charge in [-0.1, -0.05) is 25.2 Å². The fraction of sp³-hybridized carbons (Fsp3) is 0.812. The van der Waals surface area contributed by atoms with Crippen molar-refractivity contribution in [2.75, 3.05) is 39.8 Å². The Balaban J connectivity index is 1.84. The predicted octanol–water partition coefficient (Wildman–Crippen LogP) is 1.08. The molecule has 2 fully saturated rings. The molecule has 1 aliphatic heterocycles. The van der Waals surface area contributed by atoms with Crippen LogP contribution in [-0.2, 0) is 4.79 Å². The first-order chi connectivity index (χ1) is 9.69. The van der Waals surface area contributed by atoms with E-state index in [4.69, 9.17) is 6.42 Å². The van der Waals surface area contributed by atoms with E-state index in [2.05, 4.69) is 16.1 Å². The summed E-state index contributed by atoms with van der Waals surface area (Å²) in [6.45, 7) is 4.15. The molecule has 0 aromatic carbocycles. The van der Waals surface area contributed by atoms with Gasteiger partial charge in [-0.05, 0) is 19.9 Å². The molecule has 0 aromatic rings. The molecule has 0 aromatic heterocycles. The lowest BCUT2D eigenvalue weighted by Gasteiger charge is -2.40. The summed E-state index contributed by atoms with van der Waals surface area (Å²) in [5.41, 5.74) is 0.0469. The number of hydrogen-bond acceptors (Lipinski definition) is 3. The number of nitrogens with one attached hydrogen (secondary N) is 1. The zero-order valence-electron chi connectivity index (χ0n) is 12.7. The Kier molecular flexibility index (Phi) is 5.45. The van der Waals surface area contributed by atoms with E-state index in [1.165, 1.54) is 19.3 Å². The lowest BCUT2D eigenvalue weighted by molar-refractivity contribution is -0.134. The Morgan fingerprint density at radius 1 is 1.20 bits per heavy atom. The van der Waals surface area contributed by atoms with Gasteiger partial charge in [0.15, 0.2) is 0 Å². The zero-order valence-corrected chi connectivity index (χ0v) is 12.7. The molecule has 2 rings (SSSR count). The lowest BCUT2D eigenvalue weighted by Crippen LogP contribution is -2.53. The first kappa shape index (κ1) is 15.3. The first-order valence-electron chi connectivity index (χ1n) is 7.82. The number of terminal acetylenes is 1. The number of hydrogen-bond donors (Lipinski definition) is 1. The van der Waals surface area contributed by atoms with Crippen molar-refractivity contribution in [3.63, 3.8) is 0 Å². The van der Waals surface area contributed by atoms with E-state index in [0.29, 0.717) is 18.9 Å². The molecule has 4 nitrogen and oxygen atoms in total. The number of amides is 1. The Morgan fingerprint density at radius 3 is 2.40 bits per heavy atom. The van der Waals surface area contributed by atoms with Gasteiger partial charge in [0.1, 0.15) is 0 Å². The van der Waals surface area contributed by atoms with Crippen LogP contribution in [0.2, 0.25) is 0 Å². The molecule has 1 amide bonds. The van der Waals surface area contributed by atoms with Crippen LogP contribution in [0.3, 0.4) is 0 Å². The van der Waals surface area contributed by atoms with Gasteiger partial charge in [-0.2, -0.15) is 0 Å². The molecule has 0 unspecified atom stereocenters. The lowest BCUT2D eigenvalue weighted by atomic mass is 9.79. The van der Waals surface area contributed by atoms with Gasteiger partial charge in [0.2, 0.25) is 5.91 Å². The maximum atomic E-state index is 12.5. The van der Waals surface area contributed by atoms with Gasteiger partial charge in [-0.25, -0.2) is 0 Å². The van der Waals surface area contributed by atoms with E-state index in [1.807, 2.05) is 11.9 Å². The number of rotatable bonds is 4. The van der Waals surface area contributed by atoms with Crippen molar-refractivity contribution in [3.8, 4) is 12.3 Å². The largest absolute Gasteiger partial charge is 0.340 e. The van der Waals surface area contributed by atoms with Gasteiger partial charge in [0.25, 0.3) is 0 Å². The van der Waals surface area contributed by atoms with E-state index in [0.717, 1.165) is 39.0 Å². The number of carbonyl (C=O) groups is 1. The van der Waals surface area contributed by atoms with Gasteiger partial charge >= 0.3 is 0 Å². The summed E-state index contributed by atoms with van der Waals surface area (Å²) in [7, 11) is 2.00. The van der Waals surface area contributed by atoms with Crippen LogP contribution in [0.25, 0.3) is 0 Å². The minimum Gasteiger partial charge on any atom is -0.340 e. The maximum absolute atomic E-state index is 12.5. The fourth-order valence-electron chi connectivity index (χ4n) is 3.43. The second-order valence-corrected chi connectivity index (χ2v) is 6.13. The van der Waals surface area contributed by atoms with Crippen LogP contribution < -0.4 is 5.32 Å². The fourth-order valence-corrected chi connectivity index (χ4v) is 3.43. The summed E-state index contributed by atoms with van der Waals surface area (Å²) in [5, 5.41) is 3.43. The average molecular weight is 277 g/mol. The minimum atomic E-state index is 0.0469. The molecule has 20 heavy (non-hydrogen) atoms. The molecule has 0 radical (unpaired) electrons. The van der Waals surface area contributed by atoms with Crippen LogP contribution in [0.4, 0.5) is 0 Å². The summed E-state index contributed by atoms with van der Waals surface area (Å²) in [5.74, 6) is 2.98. The highest BCUT2D eigenvalue weighted by Crippen LogP contribution is 2.31. The highest BCUT2D eigenvalue weighted by atomic mass is 16.2. The van der Waals surface area contributed by atoms with Crippen molar-refractivity contribution < 1.29 is 4.79 Å². The first-order valence-corrected chi connectivity index (χ1v) is 7.82. The summed E-state index contributed by atoms with van der Waals surface area (Å²) >= 11 is 0. The quantitative estimate of drug-likeness (QED) is 0.781. The van der Waals surface area contributed by atoms with Crippen LogP contribution in [0.15, 0.2) is 0 Å². The van der Waals surface area contributed by atoms with Crippen molar-refractivity contribution in [3.05, 3.63) is 0 Å². The molecule has 1 heterocycles. The van der Waals surface area contributed by atoms with Crippen molar-refractivity contribution in [1.82, 2.24) is 15.1 Å². The van der Waals surface area contributed by atoms with E-state index < -0.39 is 0 Å². The molecule has 1 saturated heterocycles. The average Bonchev–Trinajstić information content (AvgIpc) is 2.49. The molecule has 4 heteroatoms. The number of nitrogens with zero attached hydrogens (tertiary/aromatic N) is 2. The highest BCUT2D eigenvalue weighted by Gasteiger charge is 2.34. The SMILES string of the molecule is C#CCN1CCN(C(=O)CC2(NC)CCCCC2)CC1. The molecule has 1 aliphatic carbocycles. The Bertz CT molecular complexity index is 360. The number of piperazine rings is 1. The highest BCUT2D eigenvalue weighted by molar-refractivity contribution is 5.77. The summed E-state index contributed by atoms with van der Waals surface area (Å²) in [4.78, 5) is 16.8. The van der Waals surface area contributed by atoms with E-state index in [1.54, 1.807) is 0 Å². The van der Waals surface area contributed by atoms with Crippen LogP contribution >= 0.6 is 0 Å². The molecule has 1 N–H and O–H groups in total. The van der Waals surface area contributed by atoms with Gasteiger partial charge in [0.05, 0.1) is 6.54 Å². The van der Waals surface area contributed by atoms with Crippen molar-refractivity contribution in [2.24, 2.45) is 0 Å². The molecule has 1 saturated carbocycles. The Morgan fingerprint density at radius 2 is 1.85 bits per heavy atom. The third-order valence-corrected chi connectivity index (χ3v) is 4.87. The maximum Gasteiger partial charge on any atom is 0.224 e. The van der Waals surface area contributed by atoms with Crippen molar-refractivity contribution in [2.45, 2.75) is 44.1 Å². The van der Waals surface area contributed by atoms with E-state index in [9.17, 15) is 4.79 Å². The molecule has 0 spiro atoms. The van der Waals surface area contributed by atoms with Crippen LogP contribution in [0, 0.1) is 12.3 Å². The van der Waals surface area contributed by atoms with Crippen LogP contribution in [0.1, 0.15) is 38.5 Å². The molecular formula is C16H27N3O. The van der Waals surface area contributed by atoms with Gasteiger partial charge < -0.3 is 10.2 Å². The Hall–Kier alpha value is -1.05. The topological polar surface area (TPSA) is 35.6 Å². The molecule has 0 bridgehead atoms. The van der Waals surface area contributed by atoms with Crippen LogP contribution in [-0.4, -0.2) is 61.0 Å². The van der Waals surface area contributed by atoms with Crippen molar-refractivity contribution >= 4 is 5.91 Å². The van der Waals surface area contributed by atoms with Crippen molar-refractivity contribution in [1.29, 1.82) is 0 Å². The smallest absolute Gasteiger partial charge is 0.224 e. The predicted molar refractivity (Wildman–Crippen MR) is 81.3 cm³/mol. The van der Waals surface area contributed by atoms with Gasteiger partial charge in [-0.15, -0.1) is 6.42 Å². The van der Waals surface area contributed by atoms with E-state index in [-0.39, 0.29) is 5.54 Å². The normalized spacial score (nSPS) is 23.3. The summed E-state index contributed by atoms with van der Waals surface area (Å²) in [6.07, 6.45) is 12.0. The monoisotopic (exact) mass is 277 g/mol. The number of carbonyl (C=O) groups excluding carboxylic acids is 1. The van der Waals surface area contributed by atoms with E-state index >= 15 is 0 Å². The minimum absolute atomic E-state index is 0.0469.